The maximum atomic E-state index is 5.35. The van der Waals surface area contributed by atoms with Crippen molar-refractivity contribution >= 4 is 31.5 Å². The number of fused-ring (bicyclic) bond motifs is 6. The second-order valence-electron chi connectivity index (χ2n) is 16.8. The highest BCUT2D eigenvalue weighted by Crippen LogP contribution is 2.47. The highest BCUT2D eigenvalue weighted by atomic mass is 32.1. The van der Waals surface area contributed by atoms with E-state index in [-0.39, 0.29) is 11.8 Å². The summed E-state index contributed by atoms with van der Waals surface area (Å²) in [5.41, 5.74) is 14.4. The lowest BCUT2D eigenvalue weighted by molar-refractivity contribution is 0.549. The topological polar surface area (TPSA) is 64.5 Å². The number of aromatic nitrogens is 5. The van der Waals surface area contributed by atoms with Gasteiger partial charge in [0.2, 0.25) is 0 Å². The van der Waals surface area contributed by atoms with E-state index in [2.05, 4.69) is 177 Å². The first kappa shape index (κ1) is 38.7. The van der Waals surface area contributed by atoms with E-state index in [4.69, 9.17) is 24.9 Å². The third-order valence-corrected chi connectivity index (χ3v) is 14.0. The summed E-state index contributed by atoms with van der Waals surface area (Å²) >= 11 is 1.81. The van der Waals surface area contributed by atoms with Gasteiger partial charge in [-0.15, -0.1) is 11.3 Å². The van der Waals surface area contributed by atoms with Crippen molar-refractivity contribution in [1.82, 2.24) is 24.9 Å². The maximum absolute atomic E-state index is 5.35. The molecule has 3 heterocycles. The molecule has 0 amide bonds. The largest absolute Gasteiger partial charge is 0.233 e. The van der Waals surface area contributed by atoms with Crippen LogP contribution in [0.2, 0.25) is 0 Å². The van der Waals surface area contributed by atoms with Gasteiger partial charge in [-0.2, -0.15) is 0 Å². The number of nitrogens with zero attached hydrogens (tertiary/aromatic N) is 5. The van der Waals surface area contributed by atoms with Crippen molar-refractivity contribution in [3.05, 3.63) is 223 Å². The molecule has 3 aromatic heterocycles. The van der Waals surface area contributed by atoms with E-state index in [9.17, 15) is 0 Å². The third-order valence-electron chi connectivity index (χ3n) is 12.9. The summed E-state index contributed by atoms with van der Waals surface area (Å²) in [5, 5.41) is 2.34. The zero-order chi connectivity index (χ0) is 43.3. The molecule has 8 aromatic carbocycles. The Balaban J connectivity index is 0.977. The van der Waals surface area contributed by atoms with Crippen LogP contribution in [0.1, 0.15) is 35.7 Å². The lowest BCUT2D eigenvalue weighted by Gasteiger charge is -2.23. The Morgan fingerprint density at radius 2 is 0.938 bits per heavy atom. The van der Waals surface area contributed by atoms with Crippen LogP contribution in [0, 0.1) is 0 Å². The molecule has 11 aromatic rings. The Labute approximate surface area is 381 Å². The Kier molecular flexibility index (Phi) is 9.72. The van der Waals surface area contributed by atoms with Crippen LogP contribution >= 0.6 is 11.3 Å². The van der Waals surface area contributed by atoms with E-state index in [0.717, 1.165) is 62.4 Å². The summed E-state index contributed by atoms with van der Waals surface area (Å²) in [7, 11) is 0. The van der Waals surface area contributed by atoms with Gasteiger partial charge in [0, 0.05) is 53.9 Å². The zero-order valence-corrected chi connectivity index (χ0v) is 36.5. The fraction of sp³-hybridized carbons (Fsp3) is 0.0678. The van der Waals surface area contributed by atoms with Crippen LogP contribution in [0.3, 0.4) is 0 Å². The smallest absolute Gasteiger partial charge is 0.164 e. The van der Waals surface area contributed by atoms with Gasteiger partial charge in [-0.1, -0.05) is 183 Å². The van der Waals surface area contributed by atoms with Crippen LogP contribution in [0.4, 0.5) is 0 Å². The Hall–Kier alpha value is -7.93. The van der Waals surface area contributed by atoms with E-state index in [1.807, 2.05) is 36.4 Å². The van der Waals surface area contributed by atoms with Crippen molar-refractivity contribution in [3.63, 3.8) is 0 Å². The molecule has 1 aliphatic rings. The molecule has 0 aliphatic heterocycles. The van der Waals surface area contributed by atoms with Gasteiger partial charge in [-0.05, 0) is 76.1 Å². The fourth-order valence-electron chi connectivity index (χ4n) is 9.54. The highest BCUT2D eigenvalue weighted by molar-refractivity contribution is 7.26. The minimum absolute atomic E-state index is 0.0570. The van der Waals surface area contributed by atoms with Crippen molar-refractivity contribution in [1.29, 1.82) is 0 Å². The van der Waals surface area contributed by atoms with Gasteiger partial charge in [-0.25, -0.2) is 24.9 Å². The van der Waals surface area contributed by atoms with Crippen molar-refractivity contribution in [2.24, 2.45) is 0 Å². The summed E-state index contributed by atoms with van der Waals surface area (Å²) in [5.74, 6) is 3.05. The quantitative estimate of drug-likeness (QED) is 0.160. The van der Waals surface area contributed by atoms with Crippen LogP contribution in [0.25, 0.3) is 99.1 Å². The molecule has 0 radical (unpaired) electrons. The summed E-state index contributed by atoms with van der Waals surface area (Å²) in [6.45, 7) is 2.36. The first-order valence-corrected chi connectivity index (χ1v) is 23.0. The van der Waals surface area contributed by atoms with Gasteiger partial charge in [-0.3, -0.25) is 0 Å². The SMILES string of the molecule is CC1c2ccc(-c3ccc4sc5cccc(-c6nc(-c7ccccc7)nc(-c7ccccc7)n6)c5c4c3)cc2-c2ccccc2CC1c1nc(-c2ccccc2)cc(-c2ccccc2)n1. The molecule has 12 rings (SSSR count). The molecule has 0 spiro atoms. The second kappa shape index (κ2) is 16.3. The number of rotatable bonds is 7. The minimum atomic E-state index is 0.0570. The van der Waals surface area contributed by atoms with Gasteiger partial charge in [0.05, 0.1) is 11.4 Å². The monoisotopic (exact) mass is 851 g/mol. The molecule has 0 saturated heterocycles. The molecular formula is C59H41N5S. The highest BCUT2D eigenvalue weighted by Gasteiger charge is 2.31. The van der Waals surface area contributed by atoms with Crippen LogP contribution < -0.4 is 0 Å². The second-order valence-corrected chi connectivity index (χ2v) is 17.9. The minimum Gasteiger partial charge on any atom is -0.233 e. The maximum Gasteiger partial charge on any atom is 0.164 e. The Morgan fingerprint density at radius 3 is 1.58 bits per heavy atom. The van der Waals surface area contributed by atoms with Crippen molar-refractivity contribution in [2.75, 3.05) is 0 Å². The number of hydrogen-bond acceptors (Lipinski definition) is 6. The molecule has 0 bridgehead atoms. The summed E-state index contributed by atoms with van der Waals surface area (Å²) < 4.78 is 2.42. The van der Waals surface area contributed by atoms with E-state index < -0.39 is 0 Å². The molecule has 308 valence electrons. The molecule has 1 aliphatic carbocycles. The lowest BCUT2D eigenvalue weighted by atomic mass is 9.83. The number of benzene rings is 8. The Bertz CT molecular complexity index is 3420. The summed E-state index contributed by atoms with van der Waals surface area (Å²) in [6, 6.07) is 72.8. The predicted octanol–water partition coefficient (Wildman–Crippen LogP) is 15.1. The Morgan fingerprint density at radius 1 is 0.400 bits per heavy atom. The average molecular weight is 852 g/mol. The molecule has 2 atom stereocenters. The van der Waals surface area contributed by atoms with Gasteiger partial charge in [0.15, 0.2) is 17.5 Å². The molecule has 0 fully saturated rings. The van der Waals surface area contributed by atoms with Crippen LogP contribution in [-0.4, -0.2) is 24.9 Å². The fourth-order valence-corrected chi connectivity index (χ4v) is 10.7. The van der Waals surface area contributed by atoms with E-state index in [0.29, 0.717) is 17.5 Å². The van der Waals surface area contributed by atoms with Gasteiger partial charge in [0.25, 0.3) is 0 Å². The summed E-state index contributed by atoms with van der Waals surface area (Å²) in [6.07, 6.45) is 0.832. The normalized spacial score (nSPS) is 14.5. The van der Waals surface area contributed by atoms with Crippen LogP contribution in [-0.2, 0) is 6.42 Å². The van der Waals surface area contributed by atoms with Gasteiger partial charge in [0.1, 0.15) is 5.82 Å². The average Bonchev–Trinajstić information content (AvgIpc) is 3.71. The lowest BCUT2D eigenvalue weighted by Crippen LogP contribution is -2.15. The first-order chi connectivity index (χ1) is 32.1. The van der Waals surface area contributed by atoms with E-state index >= 15 is 0 Å². The molecular weight excluding hydrogens is 811 g/mol. The third kappa shape index (κ3) is 7.18. The van der Waals surface area contributed by atoms with Gasteiger partial charge >= 0.3 is 0 Å². The van der Waals surface area contributed by atoms with Crippen LogP contribution in [0.5, 0.6) is 0 Å². The van der Waals surface area contributed by atoms with E-state index in [1.54, 1.807) is 11.3 Å². The molecule has 6 heteroatoms. The molecule has 2 unspecified atom stereocenters. The summed E-state index contributed by atoms with van der Waals surface area (Å²) in [4.78, 5) is 26.0. The zero-order valence-electron chi connectivity index (χ0n) is 35.6. The van der Waals surface area contributed by atoms with Crippen LogP contribution in [0.15, 0.2) is 206 Å². The standard InChI is InChI=1S/C59H41N5S/c1-37-45-31-29-42(33-49(45)46-26-15-14-25-44(46)35-48(37)59-60-51(38-17-6-2-7-18-38)36-52(61-59)39-19-8-3-9-20-39)43-30-32-53-50(34-43)55-47(27-16-28-54(55)65-53)58-63-56(40-21-10-4-11-22-40)62-57(64-58)41-23-12-5-13-24-41/h2-34,36-37,48H,35H2,1H3. The first-order valence-electron chi connectivity index (χ1n) is 22.2. The molecule has 65 heavy (non-hydrogen) atoms. The predicted molar refractivity (Wildman–Crippen MR) is 268 cm³/mol. The van der Waals surface area contributed by atoms with Gasteiger partial charge < -0.3 is 0 Å². The number of thiophene rings is 1. The van der Waals surface area contributed by atoms with Crippen molar-refractivity contribution in [2.45, 2.75) is 25.2 Å². The molecule has 5 nitrogen and oxygen atoms in total. The van der Waals surface area contributed by atoms with E-state index in [1.165, 1.54) is 42.6 Å². The molecule has 0 saturated carbocycles. The van der Waals surface area contributed by atoms with Crippen molar-refractivity contribution in [3.8, 4) is 78.9 Å². The number of hydrogen-bond donors (Lipinski definition) is 0. The van der Waals surface area contributed by atoms with Crippen molar-refractivity contribution < 1.29 is 0 Å². The molecule has 0 N–H and O–H groups in total.